The molecule has 0 N–H and O–H groups in total. The van der Waals surface area contributed by atoms with Gasteiger partial charge in [0.2, 0.25) is 0 Å². The zero-order valence-corrected chi connectivity index (χ0v) is 6.89. The molecule has 0 unspecified atom stereocenters. The SMILES string of the molecule is CCN(CC)OCC(C)=O. The fourth-order valence-electron chi connectivity index (χ4n) is 0.588. The molecule has 10 heavy (non-hydrogen) atoms. The topological polar surface area (TPSA) is 29.5 Å². The van der Waals surface area contributed by atoms with Gasteiger partial charge in [-0.25, -0.2) is 0 Å². The Balaban J connectivity index is 3.34. The van der Waals surface area contributed by atoms with E-state index >= 15 is 0 Å². The fourth-order valence-corrected chi connectivity index (χ4v) is 0.588. The Morgan fingerprint density at radius 2 is 1.90 bits per heavy atom. The number of ketones is 1. The van der Waals surface area contributed by atoms with Crippen molar-refractivity contribution in [2.45, 2.75) is 20.8 Å². The maximum Gasteiger partial charge on any atom is 0.157 e. The van der Waals surface area contributed by atoms with Crippen LogP contribution in [0.15, 0.2) is 0 Å². The monoisotopic (exact) mass is 145 g/mol. The van der Waals surface area contributed by atoms with E-state index in [1.165, 1.54) is 6.92 Å². The summed E-state index contributed by atoms with van der Waals surface area (Å²) in [6, 6.07) is 0. The third kappa shape index (κ3) is 4.47. The van der Waals surface area contributed by atoms with Gasteiger partial charge in [-0.3, -0.25) is 9.63 Å². The second-order valence-corrected chi connectivity index (χ2v) is 2.09. The van der Waals surface area contributed by atoms with Crippen molar-refractivity contribution in [3.63, 3.8) is 0 Å². The molecule has 0 aliphatic rings. The predicted octanol–water partition coefficient (Wildman–Crippen LogP) is 0.849. The Kier molecular flexibility index (Phi) is 5.16. The van der Waals surface area contributed by atoms with Crippen LogP contribution in [0.25, 0.3) is 0 Å². The highest BCUT2D eigenvalue weighted by atomic mass is 16.7. The number of nitrogens with zero attached hydrogens (tertiary/aromatic N) is 1. The fraction of sp³-hybridized carbons (Fsp3) is 0.857. The number of Topliss-reactive ketones (excluding diaryl/α,β-unsaturated/α-hetero) is 1. The molecule has 0 fully saturated rings. The molecule has 0 atom stereocenters. The second kappa shape index (κ2) is 5.38. The summed E-state index contributed by atoms with van der Waals surface area (Å²) >= 11 is 0. The third-order valence-electron chi connectivity index (χ3n) is 1.16. The zero-order chi connectivity index (χ0) is 7.98. The Labute approximate surface area is 61.9 Å². The lowest BCUT2D eigenvalue weighted by Crippen LogP contribution is -2.25. The molecule has 0 saturated heterocycles. The zero-order valence-electron chi connectivity index (χ0n) is 6.89. The molecule has 0 aromatic heterocycles. The van der Waals surface area contributed by atoms with Gasteiger partial charge in [0.05, 0.1) is 0 Å². The van der Waals surface area contributed by atoms with Crippen LogP contribution in [0.3, 0.4) is 0 Å². The van der Waals surface area contributed by atoms with Gasteiger partial charge in [-0.1, -0.05) is 13.8 Å². The average Bonchev–Trinajstić information content (AvgIpc) is 1.90. The van der Waals surface area contributed by atoms with Crippen LogP contribution >= 0.6 is 0 Å². The first-order valence-corrected chi connectivity index (χ1v) is 3.58. The van der Waals surface area contributed by atoms with Crippen LogP contribution in [0.5, 0.6) is 0 Å². The van der Waals surface area contributed by atoms with Crippen LogP contribution in [0.4, 0.5) is 0 Å². The summed E-state index contributed by atoms with van der Waals surface area (Å²) in [6.07, 6.45) is 0. The van der Waals surface area contributed by atoms with E-state index in [4.69, 9.17) is 4.84 Å². The van der Waals surface area contributed by atoms with Crippen LogP contribution in [0, 0.1) is 0 Å². The van der Waals surface area contributed by atoms with Gasteiger partial charge < -0.3 is 0 Å². The van der Waals surface area contributed by atoms with E-state index in [0.717, 1.165) is 13.1 Å². The number of carbonyl (C=O) groups excluding carboxylic acids is 1. The van der Waals surface area contributed by atoms with Gasteiger partial charge in [-0.05, 0) is 6.92 Å². The summed E-state index contributed by atoms with van der Waals surface area (Å²) in [4.78, 5) is 15.5. The van der Waals surface area contributed by atoms with Gasteiger partial charge in [-0.2, -0.15) is 5.06 Å². The van der Waals surface area contributed by atoms with Gasteiger partial charge in [0.15, 0.2) is 5.78 Å². The summed E-state index contributed by atoms with van der Waals surface area (Å²) in [6.45, 7) is 7.34. The lowest BCUT2D eigenvalue weighted by Gasteiger charge is -2.16. The molecule has 0 amide bonds. The molecule has 0 saturated carbocycles. The first kappa shape index (κ1) is 9.59. The van der Waals surface area contributed by atoms with Crippen LogP contribution in [0.2, 0.25) is 0 Å². The quantitative estimate of drug-likeness (QED) is 0.537. The van der Waals surface area contributed by atoms with E-state index in [2.05, 4.69) is 0 Å². The molecule has 0 aliphatic heterocycles. The predicted molar refractivity (Wildman–Crippen MR) is 39.6 cm³/mol. The second-order valence-electron chi connectivity index (χ2n) is 2.09. The average molecular weight is 145 g/mol. The van der Waals surface area contributed by atoms with E-state index in [1.54, 1.807) is 5.06 Å². The Bertz CT molecular complexity index is 99.8. The van der Waals surface area contributed by atoms with Crippen molar-refractivity contribution in [1.82, 2.24) is 5.06 Å². The van der Waals surface area contributed by atoms with Gasteiger partial charge in [0, 0.05) is 13.1 Å². The van der Waals surface area contributed by atoms with Crippen molar-refractivity contribution < 1.29 is 9.63 Å². The summed E-state index contributed by atoms with van der Waals surface area (Å²) in [7, 11) is 0. The number of hydroxylamine groups is 2. The molecule has 0 bridgehead atoms. The maximum atomic E-state index is 10.4. The van der Waals surface area contributed by atoms with Crippen LogP contribution in [0.1, 0.15) is 20.8 Å². The minimum absolute atomic E-state index is 0.0619. The molecule has 0 aliphatic carbocycles. The Morgan fingerprint density at radius 3 is 2.20 bits per heavy atom. The third-order valence-corrected chi connectivity index (χ3v) is 1.16. The van der Waals surface area contributed by atoms with Crippen molar-refractivity contribution >= 4 is 5.78 Å². The van der Waals surface area contributed by atoms with E-state index in [1.807, 2.05) is 13.8 Å². The molecular formula is C7H15NO2. The van der Waals surface area contributed by atoms with Crippen molar-refractivity contribution in [3.05, 3.63) is 0 Å². The molecule has 3 heteroatoms. The van der Waals surface area contributed by atoms with E-state index in [0.29, 0.717) is 0 Å². The first-order chi connectivity index (χ1) is 4.70. The maximum absolute atomic E-state index is 10.4. The highest BCUT2D eigenvalue weighted by molar-refractivity contribution is 5.76. The van der Waals surface area contributed by atoms with Crippen molar-refractivity contribution in [3.8, 4) is 0 Å². The number of carbonyl (C=O) groups is 1. The Hall–Kier alpha value is -0.410. The lowest BCUT2D eigenvalue weighted by atomic mass is 10.5. The van der Waals surface area contributed by atoms with Gasteiger partial charge >= 0.3 is 0 Å². The summed E-state index contributed by atoms with van der Waals surface area (Å²) in [5, 5.41) is 1.75. The highest BCUT2D eigenvalue weighted by Gasteiger charge is 1.99. The summed E-state index contributed by atoms with van der Waals surface area (Å²) < 4.78 is 0. The Morgan fingerprint density at radius 1 is 1.40 bits per heavy atom. The number of hydrogen-bond acceptors (Lipinski definition) is 3. The van der Waals surface area contributed by atoms with Crippen molar-refractivity contribution in [2.24, 2.45) is 0 Å². The normalized spacial score (nSPS) is 10.4. The van der Waals surface area contributed by atoms with Gasteiger partial charge in [-0.15, -0.1) is 0 Å². The highest BCUT2D eigenvalue weighted by Crippen LogP contribution is 1.87. The molecule has 0 aromatic rings. The smallest absolute Gasteiger partial charge is 0.157 e. The van der Waals surface area contributed by atoms with Crippen LogP contribution in [-0.2, 0) is 9.63 Å². The van der Waals surface area contributed by atoms with Gasteiger partial charge in [0.1, 0.15) is 6.61 Å². The van der Waals surface area contributed by atoms with Crippen molar-refractivity contribution in [1.29, 1.82) is 0 Å². The molecule has 0 radical (unpaired) electrons. The molecule has 3 nitrogen and oxygen atoms in total. The minimum atomic E-state index is 0.0619. The summed E-state index contributed by atoms with van der Waals surface area (Å²) in [5.74, 6) is 0.0619. The van der Waals surface area contributed by atoms with E-state index in [-0.39, 0.29) is 12.4 Å². The summed E-state index contributed by atoms with van der Waals surface area (Å²) in [5.41, 5.74) is 0. The molecule has 0 spiro atoms. The van der Waals surface area contributed by atoms with Gasteiger partial charge in [0.25, 0.3) is 0 Å². The molecular weight excluding hydrogens is 130 g/mol. The lowest BCUT2D eigenvalue weighted by molar-refractivity contribution is -0.163. The van der Waals surface area contributed by atoms with Crippen LogP contribution in [-0.4, -0.2) is 30.5 Å². The number of hydrogen-bond donors (Lipinski definition) is 0. The van der Waals surface area contributed by atoms with Crippen molar-refractivity contribution in [2.75, 3.05) is 19.7 Å². The molecule has 0 rings (SSSR count). The molecule has 0 aromatic carbocycles. The number of rotatable bonds is 5. The van der Waals surface area contributed by atoms with Crippen LogP contribution < -0.4 is 0 Å². The minimum Gasteiger partial charge on any atom is -0.297 e. The molecule has 0 heterocycles. The standard InChI is InChI=1S/C7H15NO2/c1-4-8(5-2)10-6-7(3)9/h4-6H2,1-3H3. The first-order valence-electron chi connectivity index (χ1n) is 3.58. The van der Waals surface area contributed by atoms with E-state index < -0.39 is 0 Å². The molecule has 60 valence electrons. The largest absolute Gasteiger partial charge is 0.297 e. The van der Waals surface area contributed by atoms with E-state index in [9.17, 15) is 4.79 Å².